The number of nitrogens with one attached hydrogen (secondary N) is 1. The van der Waals surface area contributed by atoms with Crippen LogP contribution in [-0.2, 0) is 25.0 Å². The fraction of sp³-hybridized carbons (Fsp3) is 0.176. The van der Waals surface area contributed by atoms with Crippen LogP contribution in [0.5, 0.6) is 0 Å². The molecule has 3 heterocycles. The Morgan fingerprint density at radius 2 is 1.73 bits per heavy atom. The van der Waals surface area contributed by atoms with Crippen LogP contribution in [0.2, 0.25) is 5.02 Å². The number of fused-ring (bicyclic) bond motifs is 3. The van der Waals surface area contributed by atoms with Crippen molar-refractivity contribution in [1.29, 1.82) is 0 Å². The number of rotatable bonds is 8. The van der Waals surface area contributed by atoms with E-state index in [1.807, 2.05) is 78.9 Å². The van der Waals surface area contributed by atoms with E-state index in [2.05, 4.69) is 10.3 Å². The molecule has 1 N–H and O–H groups in total. The Morgan fingerprint density at radius 1 is 0.955 bits per heavy atom. The number of aryl methyl sites for hydroxylation is 2. The Kier molecular flexibility index (Phi) is 8.36. The van der Waals surface area contributed by atoms with Crippen LogP contribution in [0.4, 0.5) is 5.13 Å². The number of thioether (sulfide) groups is 1. The van der Waals surface area contributed by atoms with E-state index in [0.29, 0.717) is 28.0 Å². The van der Waals surface area contributed by atoms with Gasteiger partial charge in [0.2, 0.25) is 0 Å². The largest absolute Gasteiger partial charge is 0.298 e. The molecular formula is C34H27ClN4O2S3. The summed E-state index contributed by atoms with van der Waals surface area (Å²) in [6, 6.07) is 25.0. The molecule has 10 heteroatoms. The monoisotopic (exact) mass is 654 g/mol. The summed E-state index contributed by atoms with van der Waals surface area (Å²) in [6.07, 6.45) is 6.68. The maximum atomic E-state index is 13.9. The van der Waals surface area contributed by atoms with E-state index in [1.165, 1.54) is 33.5 Å². The van der Waals surface area contributed by atoms with Gasteiger partial charge in [0.1, 0.15) is 4.83 Å². The van der Waals surface area contributed by atoms with Crippen molar-refractivity contribution in [2.45, 2.75) is 43.0 Å². The SMILES string of the molecule is O=C(Nc1ncc(Cc2ccccc2Cl)s1)c1ccc(CSc2nc3sc4c(c3c(=O)n2-c2ccccc2)CCCC4)cc1. The Morgan fingerprint density at radius 3 is 2.55 bits per heavy atom. The summed E-state index contributed by atoms with van der Waals surface area (Å²) >= 11 is 10.9. The first-order valence-corrected chi connectivity index (χ1v) is 17.4. The standard InChI is InChI=1S/C34H27ClN4O2S3/c35-27-12-6-4-8-23(27)18-25-19-36-33(43-25)37-30(40)22-16-14-21(15-17-22)20-42-34-38-31-29(26-11-5-7-13-28(26)44-31)32(41)39(34)24-9-2-1-3-10-24/h1-4,6,8-10,12,14-17,19H,5,7,11,13,18,20H2,(H,36,37,40). The van der Waals surface area contributed by atoms with Crippen LogP contribution in [0, 0.1) is 0 Å². The summed E-state index contributed by atoms with van der Waals surface area (Å²) in [5.41, 5.74) is 4.61. The van der Waals surface area contributed by atoms with Crippen LogP contribution in [0.15, 0.2) is 95.0 Å². The molecule has 220 valence electrons. The number of nitrogens with zero attached hydrogens (tertiary/aromatic N) is 3. The molecule has 0 spiro atoms. The predicted molar refractivity (Wildman–Crippen MR) is 182 cm³/mol. The fourth-order valence-electron chi connectivity index (χ4n) is 5.43. The van der Waals surface area contributed by atoms with Crippen LogP contribution < -0.4 is 10.9 Å². The van der Waals surface area contributed by atoms with E-state index in [9.17, 15) is 9.59 Å². The molecule has 0 fully saturated rings. The van der Waals surface area contributed by atoms with Crippen LogP contribution >= 0.6 is 46.0 Å². The molecule has 1 amide bonds. The summed E-state index contributed by atoms with van der Waals surface area (Å²) in [6.45, 7) is 0. The number of anilines is 1. The van der Waals surface area contributed by atoms with Gasteiger partial charge >= 0.3 is 0 Å². The van der Waals surface area contributed by atoms with E-state index in [4.69, 9.17) is 16.6 Å². The average Bonchev–Trinajstić information content (AvgIpc) is 3.65. The van der Waals surface area contributed by atoms with Crippen molar-refractivity contribution in [3.05, 3.63) is 132 Å². The van der Waals surface area contributed by atoms with Gasteiger partial charge in [0.15, 0.2) is 10.3 Å². The third-order valence-electron chi connectivity index (χ3n) is 7.65. The van der Waals surface area contributed by atoms with Gasteiger partial charge in [-0.2, -0.15) is 0 Å². The highest BCUT2D eigenvalue weighted by atomic mass is 35.5. The molecule has 3 aromatic carbocycles. The predicted octanol–water partition coefficient (Wildman–Crippen LogP) is 8.57. The van der Waals surface area contributed by atoms with Crippen molar-refractivity contribution >= 4 is 67.3 Å². The van der Waals surface area contributed by atoms with Crippen molar-refractivity contribution in [2.75, 3.05) is 5.32 Å². The second kappa shape index (κ2) is 12.7. The molecular weight excluding hydrogens is 628 g/mol. The number of carbonyl (C=O) groups excluding carboxylic acids is 1. The maximum absolute atomic E-state index is 13.9. The molecule has 0 unspecified atom stereocenters. The van der Waals surface area contributed by atoms with Crippen molar-refractivity contribution in [3.63, 3.8) is 0 Å². The van der Waals surface area contributed by atoms with Gasteiger partial charge in [-0.3, -0.25) is 19.5 Å². The molecule has 0 saturated carbocycles. The zero-order valence-electron chi connectivity index (χ0n) is 23.6. The number of thiophene rings is 1. The van der Waals surface area contributed by atoms with Gasteiger partial charge in [0, 0.05) is 38.7 Å². The van der Waals surface area contributed by atoms with Crippen molar-refractivity contribution in [2.24, 2.45) is 0 Å². The van der Waals surface area contributed by atoms with Crippen LogP contribution in [-0.4, -0.2) is 20.4 Å². The Hall–Kier alpha value is -3.76. The number of thiazole rings is 1. The van der Waals surface area contributed by atoms with Crippen molar-refractivity contribution in [3.8, 4) is 5.69 Å². The van der Waals surface area contributed by atoms with Gasteiger partial charge in [-0.15, -0.1) is 22.7 Å². The molecule has 0 aliphatic heterocycles. The fourth-order valence-corrected chi connectivity index (χ4v) is 8.74. The minimum Gasteiger partial charge on any atom is -0.298 e. The lowest BCUT2D eigenvalue weighted by Gasteiger charge is -2.13. The van der Waals surface area contributed by atoms with E-state index in [-0.39, 0.29) is 11.5 Å². The third kappa shape index (κ3) is 5.97. The van der Waals surface area contributed by atoms with Crippen LogP contribution in [0.1, 0.15) is 49.6 Å². The van der Waals surface area contributed by atoms with Gasteiger partial charge in [0.25, 0.3) is 11.5 Å². The third-order valence-corrected chi connectivity index (χ3v) is 11.1. The number of carbonyl (C=O) groups is 1. The van der Waals surface area contributed by atoms with Crippen LogP contribution in [0.3, 0.4) is 0 Å². The Balaban J connectivity index is 1.07. The van der Waals surface area contributed by atoms with E-state index < -0.39 is 0 Å². The minimum absolute atomic E-state index is 0.00679. The zero-order valence-corrected chi connectivity index (χ0v) is 26.8. The summed E-state index contributed by atoms with van der Waals surface area (Å²) in [4.78, 5) is 39.5. The second-order valence-corrected chi connectivity index (χ2v) is 14.1. The Labute approximate surface area is 271 Å². The molecule has 6 aromatic rings. The maximum Gasteiger partial charge on any atom is 0.267 e. The van der Waals surface area contributed by atoms with Gasteiger partial charge in [-0.05, 0) is 72.7 Å². The van der Waals surface area contributed by atoms with Crippen molar-refractivity contribution < 1.29 is 4.79 Å². The molecule has 1 aliphatic carbocycles. The zero-order chi connectivity index (χ0) is 30.0. The van der Waals surface area contributed by atoms with E-state index >= 15 is 0 Å². The number of aromatic nitrogens is 3. The molecule has 0 radical (unpaired) electrons. The number of benzene rings is 3. The molecule has 6 nitrogen and oxygen atoms in total. The van der Waals surface area contributed by atoms with Gasteiger partial charge in [-0.25, -0.2) is 9.97 Å². The molecule has 3 aromatic heterocycles. The lowest BCUT2D eigenvalue weighted by atomic mass is 9.97. The first-order chi connectivity index (χ1) is 21.5. The lowest BCUT2D eigenvalue weighted by molar-refractivity contribution is 0.102. The topological polar surface area (TPSA) is 76.9 Å². The highest BCUT2D eigenvalue weighted by Gasteiger charge is 2.23. The first-order valence-electron chi connectivity index (χ1n) is 14.4. The second-order valence-electron chi connectivity index (χ2n) is 10.6. The van der Waals surface area contributed by atoms with Crippen molar-refractivity contribution in [1.82, 2.24) is 14.5 Å². The molecule has 1 aliphatic rings. The normalized spacial score (nSPS) is 12.8. The number of hydrogen-bond acceptors (Lipinski definition) is 7. The van der Waals surface area contributed by atoms with Crippen LogP contribution in [0.25, 0.3) is 15.9 Å². The summed E-state index contributed by atoms with van der Waals surface area (Å²) < 4.78 is 1.75. The minimum atomic E-state index is -0.213. The number of para-hydroxylation sites is 1. The molecule has 0 atom stereocenters. The highest BCUT2D eigenvalue weighted by molar-refractivity contribution is 7.98. The lowest BCUT2D eigenvalue weighted by Crippen LogP contribution is -2.22. The summed E-state index contributed by atoms with van der Waals surface area (Å²) in [7, 11) is 0. The number of halogens is 1. The molecule has 0 saturated heterocycles. The summed E-state index contributed by atoms with van der Waals surface area (Å²) in [5, 5.41) is 5.63. The first kappa shape index (κ1) is 29.0. The summed E-state index contributed by atoms with van der Waals surface area (Å²) in [5.74, 6) is 0.393. The van der Waals surface area contributed by atoms with Gasteiger partial charge in [0.05, 0.1) is 11.1 Å². The average molecular weight is 655 g/mol. The highest BCUT2D eigenvalue weighted by Crippen LogP contribution is 2.36. The quantitative estimate of drug-likeness (QED) is 0.131. The van der Waals surface area contributed by atoms with E-state index in [1.54, 1.807) is 22.1 Å². The molecule has 0 bridgehead atoms. The van der Waals surface area contributed by atoms with E-state index in [0.717, 1.165) is 62.6 Å². The number of amides is 1. The van der Waals surface area contributed by atoms with Gasteiger partial charge in [-0.1, -0.05) is 71.9 Å². The molecule has 44 heavy (non-hydrogen) atoms. The Bertz CT molecular complexity index is 2030. The smallest absolute Gasteiger partial charge is 0.267 e. The molecule has 7 rings (SSSR count). The number of hydrogen-bond donors (Lipinski definition) is 1. The van der Waals surface area contributed by atoms with Gasteiger partial charge < -0.3 is 0 Å².